The third kappa shape index (κ3) is 3.63. The maximum atomic E-state index is 12.9. The summed E-state index contributed by atoms with van der Waals surface area (Å²) in [6, 6.07) is 27.9. The molecule has 3 aromatic carbocycles. The number of amides is 1. The Morgan fingerprint density at radius 2 is 1.50 bits per heavy atom. The van der Waals surface area contributed by atoms with E-state index in [1.807, 2.05) is 54.6 Å². The molecule has 4 rings (SSSR count). The van der Waals surface area contributed by atoms with Gasteiger partial charge in [-0.05, 0) is 29.7 Å². The first-order valence-corrected chi connectivity index (χ1v) is 9.86. The van der Waals surface area contributed by atoms with Crippen LogP contribution in [0.2, 0.25) is 5.02 Å². The number of rotatable bonds is 7. The van der Waals surface area contributed by atoms with E-state index in [0.717, 1.165) is 6.42 Å². The number of hydrogen-bond donors (Lipinski definition) is 1. The predicted octanol–water partition coefficient (Wildman–Crippen LogP) is 4.84. The van der Waals surface area contributed by atoms with Crippen LogP contribution >= 0.6 is 11.6 Å². The average Bonchev–Trinajstić information content (AvgIpc) is 3.51. The summed E-state index contributed by atoms with van der Waals surface area (Å²) >= 11 is 6.09. The van der Waals surface area contributed by atoms with E-state index in [4.69, 9.17) is 16.3 Å². The van der Waals surface area contributed by atoms with E-state index >= 15 is 0 Å². The molecule has 0 heterocycles. The topological polar surface area (TPSA) is 38.3 Å². The van der Waals surface area contributed by atoms with Gasteiger partial charge in [-0.15, -0.1) is 0 Å². The molecule has 1 fully saturated rings. The molecule has 1 aliphatic rings. The van der Waals surface area contributed by atoms with E-state index in [1.54, 1.807) is 6.07 Å². The average molecular weight is 392 g/mol. The molecule has 0 aliphatic heterocycles. The summed E-state index contributed by atoms with van der Waals surface area (Å²) in [4.78, 5) is 12.9. The van der Waals surface area contributed by atoms with Gasteiger partial charge in [-0.2, -0.15) is 0 Å². The van der Waals surface area contributed by atoms with Crippen LogP contribution in [0.5, 0.6) is 5.75 Å². The number of hydrogen-bond acceptors (Lipinski definition) is 2. The zero-order chi connectivity index (χ0) is 19.4. The molecular formula is C24H22ClNO2. The fraction of sp³-hybridized carbons (Fsp3) is 0.208. The summed E-state index contributed by atoms with van der Waals surface area (Å²) < 4.78 is 5.66. The summed E-state index contributed by atoms with van der Waals surface area (Å²) in [7, 11) is 0. The Bertz CT molecular complexity index is 904. The summed E-state index contributed by atoms with van der Waals surface area (Å²) in [6.07, 6.45) is 0.818. The zero-order valence-electron chi connectivity index (χ0n) is 15.5. The van der Waals surface area contributed by atoms with Gasteiger partial charge in [0, 0.05) is 5.41 Å². The van der Waals surface area contributed by atoms with Crippen LogP contribution in [0, 0.1) is 5.92 Å². The molecule has 0 spiro atoms. The zero-order valence-corrected chi connectivity index (χ0v) is 16.2. The summed E-state index contributed by atoms with van der Waals surface area (Å²) in [5.74, 6) is 0.626. The summed E-state index contributed by atoms with van der Waals surface area (Å²) in [6.45, 7) is 0.825. The minimum atomic E-state index is -0.240. The number of nitrogens with one attached hydrogen (secondary N) is 1. The van der Waals surface area contributed by atoms with Crippen molar-refractivity contribution >= 4 is 17.5 Å². The van der Waals surface area contributed by atoms with E-state index in [2.05, 4.69) is 29.6 Å². The minimum Gasteiger partial charge on any atom is -0.490 e. The highest BCUT2D eigenvalue weighted by atomic mass is 35.5. The van der Waals surface area contributed by atoms with Crippen LogP contribution in [-0.4, -0.2) is 19.1 Å². The van der Waals surface area contributed by atoms with E-state index in [9.17, 15) is 4.79 Å². The molecule has 1 N–H and O–H groups in total. The lowest BCUT2D eigenvalue weighted by atomic mass is 9.85. The van der Waals surface area contributed by atoms with Crippen LogP contribution < -0.4 is 10.1 Å². The molecular weight excluding hydrogens is 370 g/mol. The molecule has 3 aromatic rings. The van der Waals surface area contributed by atoms with Crippen molar-refractivity contribution in [3.63, 3.8) is 0 Å². The molecule has 1 aliphatic carbocycles. The van der Waals surface area contributed by atoms with Crippen LogP contribution in [0.1, 0.15) is 17.5 Å². The SMILES string of the molecule is O=C(NCCOc1ccccc1Cl)C1CC1(c1ccccc1)c1ccccc1. The van der Waals surface area contributed by atoms with Crippen molar-refractivity contribution in [3.05, 3.63) is 101 Å². The van der Waals surface area contributed by atoms with Crippen molar-refractivity contribution in [2.24, 2.45) is 5.92 Å². The highest BCUT2D eigenvalue weighted by molar-refractivity contribution is 6.32. The fourth-order valence-corrected chi connectivity index (χ4v) is 4.07. The molecule has 4 heteroatoms. The molecule has 0 saturated heterocycles. The van der Waals surface area contributed by atoms with Crippen molar-refractivity contribution in [1.29, 1.82) is 0 Å². The second-order valence-corrected chi connectivity index (χ2v) is 7.44. The maximum absolute atomic E-state index is 12.9. The largest absolute Gasteiger partial charge is 0.490 e. The Kier molecular flexibility index (Phi) is 5.36. The van der Waals surface area contributed by atoms with Crippen molar-refractivity contribution in [2.45, 2.75) is 11.8 Å². The van der Waals surface area contributed by atoms with E-state index in [-0.39, 0.29) is 17.2 Å². The highest BCUT2D eigenvalue weighted by Crippen LogP contribution is 2.58. The smallest absolute Gasteiger partial charge is 0.224 e. The van der Waals surface area contributed by atoms with E-state index in [1.165, 1.54) is 11.1 Å². The standard InChI is InChI=1S/C24H22ClNO2/c25-21-13-7-8-14-22(21)28-16-15-26-23(27)20-17-24(20,18-9-3-1-4-10-18)19-11-5-2-6-12-19/h1-14,20H,15-17H2,(H,26,27). The lowest BCUT2D eigenvalue weighted by Crippen LogP contribution is -2.32. The number of para-hydroxylation sites is 1. The van der Waals surface area contributed by atoms with Gasteiger partial charge in [0.25, 0.3) is 0 Å². The number of carbonyl (C=O) groups is 1. The van der Waals surface area contributed by atoms with Gasteiger partial charge in [-0.3, -0.25) is 4.79 Å². The van der Waals surface area contributed by atoms with Crippen molar-refractivity contribution in [1.82, 2.24) is 5.32 Å². The summed E-state index contributed by atoms with van der Waals surface area (Å²) in [5, 5.41) is 3.59. The van der Waals surface area contributed by atoms with Gasteiger partial charge in [0.05, 0.1) is 17.5 Å². The molecule has 0 aromatic heterocycles. The van der Waals surface area contributed by atoms with Gasteiger partial charge >= 0.3 is 0 Å². The number of carbonyl (C=O) groups excluding carboxylic acids is 1. The Morgan fingerprint density at radius 1 is 0.929 bits per heavy atom. The van der Waals surface area contributed by atoms with Crippen LogP contribution in [0.4, 0.5) is 0 Å². The molecule has 1 unspecified atom stereocenters. The van der Waals surface area contributed by atoms with E-state index < -0.39 is 0 Å². The monoisotopic (exact) mass is 391 g/mol. The fourth-order valence-electron chi connectivity index (χ4n) is 3.88. The van der Waals surface area contributed by atoms with Crippen LogP contribution in [0.25, 0.3) is 0 Å². The predicted molar refractivity (Wildman–Crippen MR) is 112 cm³/mol. The van der Waals surface area contributed by atoms with Gasteiger partial charge in [-0.25, -0.2) is 0 Å². The number of ether oxygens (including phenoxy) is 1. The van der Waals surface area contributed by atoms with Gasteiger partial charge in [0.1, 0.15) is 12.4 Å². The first-order valence-electron chi connectivity index (χ1n) is 9.48. The lowest BCUT2D eigenvalue weighted by Gasteiger charge is -2.19. The Balaban J connectivity index is 1.41. The highest BCUT2D eigenvalue weighted by Gasteiger charge is 2.60. The number of halogens is 1. The Hall–Kier alpha value is -2.78. The van der Waals surface area contributed by atoms with Crippen LogP contribution in [0.3, 0.4) is 0 Å². The van der Waals surface area contributed by atoms with Crippen LogP contribution in [0.15, 0.2) is 84.9 Å². The maximum Gasteiger partial charge on any atom is 0.224 e. The number of benzene rings is 3. The second kappa shape index (κ2) is 8.07. The second-order valence-electron chi connectivity index (χ2n) is 7.03. The minimum absolute atomic E-state index is 0.0652. The first kappa shape index (κ1) is 18.6. The van der Waals surface area contributed by atoms with Gasteiger partial charge < -0.3 is 10.1 Å². The van der Waals surface area contributed by atoms with Crippen molar-refractivity contribution in [3.8, 4) is 5.75 Å². The molecule has 0 bridgehead atoms. The molecule has 1 saturated carbocycles. The molecule has 1 atom stereocenters. The summed E-state index contributed by atoms with van der Waals surface area (Å²) in [5.41, 5.74) is 2.14. The first-order chi connectivity index (χ1) is 13.7. The molecule has 3 nitrogen and oxygen atoms in total. The molecule has 1 amide bonds. The van der Waals surface area contributed by atoms with Crippen molar-refractivity contribution < 1.29 is 9.53 Å². The van der Waals surface area contributed by atoms with Gasteiger partial charge in [0.2, 0.25) is 5.91 Å². The molecule has 142 valence electrons. The third-order valence-electron chi connectivity index (χ3n) is 5.35. The Morgan fingerprint density at radius 3 is 2.11 bits per heavy atom. The van der Waals surface area contributed by atoms with E-state index in [0.29, 0.717) is 23.9 Å². The normalized spacial score (nSPS) is 17.0. The van der Waals surface area contributed by atoms with Crippen LogP contribution in [-0.2, 0) is 10.2 Å². The third-order valence-corrected chi connectivity index (χ3v) is 5.66. The Labute approximate surface area is 170 Å². The lowest BCUT2D eigenvalue weighted by molar-refractivity contribution is -0.122. The molecule has 0 radical (unpaired) electrons. The van der Waals surface area contributed by atoms with Gasteiger partial charge in [-0.1, -0.05) is 84.4 Å². The van der Waals surface area contributed by atoms with Crippen molar-refractivity contribution in [2.75, 3.05) is 13.2 Å². The molecule has 28 heavy (non-hydrogen) atoms. The van der Waals surface area contributed by atoms with Gasteiger partial charge in [0.15, 0.2) is 0 Å². The quantitative estimate of drug-likeness (QED) is 0.585.